The summed E-state index contributed by atoms with van der Waals surface area (Å²) in [5, 5.41) is 10.7. The molecule has 3 unspecified atom stereocenters. The van der Waals surface area contributed by atoms with E-state index >= 15 is 0 Å². The molecule has 0 aliphatic heterocycles. The lowest BCUT2D eigenvalue weighted by Gasteiger charge is -2.28. The van der Waals surface area contributed by atoms with E-state index in [2.05, 4.69) is 6.92 Å². The van der Waals surface area contributed by atoms with Crippen molar-refractivity contribution in [3.63, 3.8) is 0 Å². The van der Waals surface area contributed by atoms with Gasteiger partial charge in [-0.15, -0.1) is 0 Å². The van der Waals surface area contributed by atoms with Crippen LogP contribution >= 0.6 is 0 Å². The second-order valence-electron chi connectivity index (χ2n) is 5.22. The van der Waals surface area contributed by atoms with Crippen LogP contribution < -0.4 is 0 Å². The van der Waals surface area contributed by atoms with Crippen LogP contribution in [0.15, 0.2) is 0 Å². The van der Waals surface area contributed by atoms with Crippen molar-refractivity contribution >= 4 is 0 Å². The molecule has 3 heteroatoms. The normalized spacial score (nSPS) is 39.7. The fourth-order valence-electron chi connectivity index (χ4n) is 3.49. The lowest BCUT2D eigenvalue weighted by atomic mass is 9.77. The molecule has 0 aromatic carbocycles. The third kappa shape index (κ3) is 1.53. The Hall–Kier alpha value is -0.600. The van der Waals surface area contributed by atoms with Crippen LogP contribution in [0.5, 0.6) is 0 Å². The number of nitro groups is 1. The Kier molecular flexibility index (Phi) is 2.50. The highest BCUT2D eigenvalue weighted by Crippen LogP contribution is 2.51. The Morgan fingerprint density at radius 1 is 1.29 bits per heavy atom. The first-order valence-corrected chi connectivity index (χ1v) is 5.73. The van der Waals surface area contributed by atoms with Gasteiger partial charge in [0.05, 0.1) is 0 Å². The maximum atomic E-state index is 10.7. The topological polar surface area (TPSA) is 43.1 Å². The highest BCUT2D eigenvalue weighted by molar-refractivity contribution is 4.92. The fourth-order valence-corrected chi connectivity index (χ4v) is 3.49. The van der Waals surface area contributed by atoms with Crippen molar-refractivity contribution in [1.29, 1.82) is 0 Å². The van der Waals surface area contributed by atoms with E-state index in [4.69, 9.17) is 0 Å². The van der Waals surface area contributed by atoms with Gasteiger partial charge in [-0.1, -0.05) is 13.3 Å². The van der Waals surface area contributed by atoms with Crippen molar-refractivity contribution in [2.24, 2.45) is 23.7 Å². The van der Waals surface area contributed by atoms with E-state index in [1.807, 2.05) is 0 Å². The molecule has 0 N–H and O–H groups in total. The molecule has 2 bridgehead atoms. The van der Waals surface area contributed by atoms with E-state index in [1.54, 1.807) is 6.92 Å². The van der Waals surface area contributed by atoms with Crippen molar-refractivity contribution in [1.82, 2.24) is 0 Å². The Morgan fingerprint density at radius 3 is 2.43 bits per heavy atom. The molecule has 0 aromatic heterocycles. The minimum absolute atomic E-state index is 0.114. The Labute approximate surface area is 85.0 Å². The minimum Gasteiger partial charge on any atom is -0.264 e. The van der Waals surface area contributed by atoms with Gasteiger partial charge >= 0.3 is 0 Å². The first-order valence-electron chi connectivity index (χ1n) is 5.73. The molecule has 0 amide bonds. The largest absolute Gasteiger partial charge is 0.264 e. The van der Waals surface area contributed by atoms with Crippen LogP contribution in [0, 0.1) is 33.8 Å². The van der Waals surface area contributed by atoms with Gasteiger partial charge in [0, 0.05) is 17.8 Å². The summed E-state index contributed by atoms with van der Waals surface area (Å²) < 4.78 is 0. The summed E-state index contributed by atoms with van der Waals surface area (Å²) in [6.45, 7) is 3.83. The number of hydrogen-bond acceptors (Lipinski definition) is 2. The number of nitrogens with zero attached hydrogens (tertiary/aromatic N) is 1. The molecule has 0 heterocycles. The molecule has 0 radical (unpaired) electrons. The van der Waals surface area contributed by atoms with Gasteiger partial charge in [-0.2, -0.15) is 0 Å². The lowest BCUT2D eigenvalue weighted by Crippen LogP contribution is -2.32. The zero-order valence-electron chi connectivity index (χ0n) is 8.98. The molecule has 0 aromatic rings. The van der Waals surface area contributed by atoms with Gasteiger partial charge in [0.1, 0.15) is 0 Å². The third-order valence-corrected chi connectivity index (χ3v) is 4.56. The van der Waals surface area contributed by atoms with Crippen molar-refractivity contribution in [2.75, 3.05) is 0 Å². The smallest absolute Gasteiger partial charge is 0.213 e. The molecule has 0 spiro atoms. The molecule has 2 saturated carbocycles. The molecule has 80 valence electrons. The molecule has 0 saturated heterocycles. The van der Waals surface area contributed by atoms with Gasteiger partial charge < -0.3 is 0 Å². The van der Waals surface area contributed by atoms with Gasteiger partial charge in [-0.25, -0.2) is 0 Å². The molecular formula is C11H19NO2. The zero-order valence-corrected chi connectivity index (χ0v) is 8.98. The predicted octanol–water partition coefficient (Wildman–Crippen LogP) is 2.72. The van der Waals surface area contributed by atoms with Gasteiger partial charge in [0.15, 0.2) is 0 Å². The van der Waals surface area contributed by atoms with Crippen molar-refractivity contribution in [3.8, 4) is 0 Å². The Balaban J connectivity index is 1.98. The monoisotopic (exact) mass is 197 g/mol. The van der Waals surface area contributed by atoms with E-state index in [9.17, 15) is 10.1 Å². The molecule has 3 nitrogen and oxygen atoms in total. The minimum atomic E-state index is -0.362. The van der Waals surface area contributed by atoms with Crippen LogP contribution in [0.3, 0.4) is 0 Å². The van der Waals surface area contributed by atoms with E-state index in [0.29, 0.717) is 5.92 Å². The summed E-state index contributed by atoms with van der Waals surface area (Å²) in [6, 6.07) is -0.362. The number of fused-ring (bicyclic) bond motifs is 2. The summed E-state index contributed by atoms with van der Waals surface area (Å²) >= 11 is 0. The lowest BCUT2D eigenvalue weighted by molar-refractivity contribution is -0.529. The van der Waals surface area contributed by atoms with Crippen LogP contribution in [-0.2, 0) is 0 Å². The second kappa shape index (κ2) is 3.52. The van der Waals surface area contributed by atoms with E-state index in [-0.39, 0.29) is 16.9 Å². The van der Waals surface area contributed by atoms with Gasteiger partial charge in [0.25, 0.3) is 0 Å². The summed E-state index contributed by atoms with van der Waals surface area (Å²) in [5.74, 6) is 2.60. The van der Waals surface area contributed by atoms with E-state index in [1.165, 1.54) is 25.7 Å². The van der Waals surface area contributed by atoms with Gasteiger partial charge in [0.2, 0.25) is 6.04 Å². The highest BCUT2D eigenvalue weighted by Gasteiger charge is 2.45. The standard InChI is InChI=1S/C11H19NO2/c1-7(8(2)12(13)14)11-6-9-3-4-10(11)5-9/h7-11H,3-6H2,1-2H3/t7?,8?,9-,10-,11?/m0/s1. The average molecular weight is 197 g/mol. The summed E-state index contributed by atoms with van der Waals surface area (Å²) in [5.41, 5.74) is 0. The van der Waals surface area contributed by atoms with Crippen LogP contribution in [0.25, 0.3) is 0 Å². The first-order chi connectivity index (χ1) is 6.59. The maximum Gasteiger partial charge on any atom is 0.213 e. The number of hydrogen-bond donors (Lipinski definition) is 0. The zero-order chi connectivity index (χ0) is 10.3. The quantitative estimate of drug-likeness (QED) is 0.515. The van der Waals surface area contributed by atoms with Crippen LogP contribution in [0.2, 0.25) is 0 Å². The maximum absolute atomic E-state index is 10.7. The Bertz CT molecular complexity index is 241. The van der Waals surface area contributed by atoms with Crippen molar-refractivity contribution < 1.29 is 4.92 Å². The third-order valence-electron chi connectivity index (χ3n) is 4.56. The van der Waals surface area contributed by atoms with Crippen molar-refractivity contribution in [3.05, 3.63) is 10.1 Å². The van der Waals surface area contributed by atoms with E-state index in [0.717, 1.165) is 11.8 Å². The Morgan fingerprint density at radius 2 is 2.00 bits per heavy atom. The molecule has 2 aliphatic carbocycles. The average Bonchev–Trinajstić information content (AvgIpc) is 2.76. The summed E-state index contributed by atoms with van der Waals surface area (Å²) in [7, 11) is 0. The second-order valence-corrected chi connectivity index (χ2v) is 5.22. The predicted molar refractivity (Wildman–Crippen MR) is 54.6 cm³/mol. The molecule has 2 aliphatic rings. The molecule has 2 fully saturated rings. The molecule has 14 heavy (non-hydrogen) atoms. The summed E-state index contributed by atoms with van der Waals surface area (Å²) in [6.07, 6.45) is 5.30. The molecule has 2 rings (SSSR count). The van der Waals surface area contributed by atoms with Crippen molar-refractivity contribution in [2.45, 2.75) is 45.6 Å². The van der Waals surface area contributed by atoms with Crippen LogP contribution in [-0.4, -0.2) is 11.0 Å². The number of rotatable bonds is 3. The highest BCUT2D eigenvalue weighted by atomic mass is 16.6. The summed E-state index contributed by atoms with van der Waals surface area (Å²) in [4.78, 5) is 10.6. The van der Waals surface area contributed by atoms with Gasteiger partial charge in [-0.3, -0.25) is 10.1 Å². The SMILES string of the molecule is CC(C1C[C@H]2CC[C@H]1C2)C(C)[N+](=O)[O-]. The molecule has 5 atom stereocenters. The molecular weight excluding hydrogens is 178 g/mol. The first kappa shape index (κ1) is 9.94. The van der Waals surface area contributed by atoms with Gasteiger partial charge in [-0.05, 0) is 37.0 Å². The van der Waals surface area contributed by atoms with Crippen LogP contribution in [0.1, 0.15) is 39.5 Å². The van der Waals surface area contributed by atoms with E-state index < -0.39 is 0 Å². The van der Waals surface area contributed by atoms with Crippen LogP contribution in [0.4, 0.5) is 0 Å². The fraction of sp³-hybridized carbons (Fsp3) is 1.00.